The molecule has 0 unspecified atom stereocenters. The van der Waals surface area contributed by atoms with Gasteiger partial charge in [-0.2, -0.15) is 0 Å². The molecule has 2 N–H and O–H groups in total. The molecule has 4 nitrogen and oxygen atoms in total. The Morgan fingerprint density at radius 3 is 2.45 bits per heavy atom. The molecule has 4 rings (SSSR count). The largest absolute Gasteiger partial charge is 0.381 e. The minimum absolute atomic E-state index is 0.0404. The summed E-state index contributed by atoms with van der Waals surface area (Å²) in [6.45, 7) is 1.61. The summed E-state index contributed by atoms with van der Waals surface area (Å²) >= 11 is 3.57. The van der Waals surface area contributed by atoms with E-state index in [4.69, 9.17) is 4.74 Å². The van der Waals surface area contributed by atoms with Gasteiger partial charge >= 0.3 is 0 Å². The highest BCUT2D eigenvalue weighted by molar-refractivity contribution is 9.10. The predicted molar refractivity (Wildman–Crippen MR) is 128 cm³/mol. The number of nitrogens with one attached hydrogen (secondary N) is 2. The molecule has 0 spiro atoms. The van der Waals surface area contributed by atoms with E-state index in [1.54, 1.807) is 0 Å². The molecule has 0 aliphatic carbocycles. The molecule has 0 radical (unpaired) electrons. The van der Waals surface area contributed by atoms with E-state index in [0.717, 1.165) is 35.0 Å². The molecule has 0 saturated carbocycles. The average Bonchev–Trinajstić information content (AvgIpc) is 2.80. The van der Waals surface area contributed by atoms with Crippen LogP contribution in [0.25, 0.3) is 0 Å². The van der Waals surface area contributed by atoms with Gasteiger partial charge in [0.05, 0.1) is 6.54 Å². The summed E-state index contributed by atoms with van der Waals surface area (Å²) in [6.07, 6.45) is 2.45. The third-order valence-electron chi connectivity index (χ3n) is 5.84. The van der Waals surface area contributed by atoms with E-state index in [2.05, 4.69) is 56.9 Å². The minimum atomic E-state index is -0.261. The molecule has 3 aromatic rings. The molecule has 1 aliphatic rings. The molecular formula is C26H27BrN2O2. The van der Waals surface area contributed by atoms with Crippen LogP contribution in [0.2, 0.25) is 0 Å². The van der Waals surface area contributed by atoms with Crippen molar-refractivity contribution in [3.8, 4) is 0 Å². The third-order valence-corrected chi connectivity index (χ3v) is 6.33. The molecule has 3 aromatic carbocycles. The maximum Gasteiger partial charge on any atom is 0.238 e. The summed E-state index contributed by atoms with van der Waals surface area (Å²) < 4.78 is 6.64. The van der Waals surface area contributed by atoms with Gasteiger partial charge in [-0.05, 0) is 54.2 Å². The second-order valence-electron chi connectivity index (χ2n) is 7.93. The van der Waals surface area contributed by atoms with Crippen molar-refractivity contribution in [3.63, 3.8) is 0 Å². The lowest BCUT2D eigenvalue weighted by molar-refractivity contribution is -0.116. The van der Waals surface area contributed by atoms with Crippen molar-refractivity contribution >= 4 is 27.5 Å². The zero-order valence-corrected chi connectivity index (χ0v) is 19.0. The lowest BCUT2D eigenvalue weighted by Crippen LogP contribution is -2.49. The van der Waals surface area contributed by atoms with E-state index >= 15 is 0 Å². The number of carbonyl (C=O) groups excluding carboxylic acids is 1. The van der Waals surface area contributed by atoms with Crippen LogP contribution in [0.15, 0.2) is 83.3 Å². The van der Waals surface area contributed by atoms with Gasteiger partial charge in [0.1, 0.15) is 0 Å². The molecule has 1 saturated heterocycles. The standard InChI is InChI=1S/C26H27BrN2O2/c27-23-11-6-10-22(18-23)26(13-15-31-16-14-26)28-19-25(30)29-24-12-5-4-9-21(24)17-20-7-2-1-3-8-20/h1-12,18,28H,13-17,19H2,(H,29,30). The number of para-hydroxylation sites is 1. The second kappa shape index (κ2) is 10.2. The average molecular weight is 479 g/mol. The molecule has 5 heteroatoms. The van der Waals surface area contributed by atoms with Gasteiger partial charge in [-0.3, -0.25) is 10.1 Å². The first-order chi connectivity index (χ1) is 15.1. The Kier molecular flexibility index (Phi) is 7.17. The van der Waals surface area contributed by atoms with Crippen LogP contribution in [-0.2, 0) is 21.5 Å². The fourth-order valence-corrected chi connectivity index (χ4v) is 4.53. The van der Waals surface area contributed by atoms with Gasteiger partial charge < -0.3 is 10.1 Å². The highest BCUT2D eigenvalue weighted by Gasteiger charge is 2.34. The summed E-state index contributed by atoms with van der Waals surface area (Å²) in [7, 11) is 0. The monoisotopic (exact) mass is 478 g/mol. The van der Waals surface area contributed by atoms with Crippen molar-refractivity contribution < 1.29 is 9.53 Å². The van der Waals surface area contributed by atoms with E-state index in [9.17, 15) is 4.79 Å². The number of ether oxygens (including phenoxy) is 1. The fourth-order valence-electron chi connectivity index (χ4n) is 4.13. The molecule has 1 amide bonds. The van der Waals surface area contributed by atoms with Gasteiger partial charge in [0.2, 0.25) is 5.91 Å². The van der Waals surface area contributed by atoms with Gasteiger partial charge in [0.25, 0.3) is 0 Å². The summed E-state index contributed by atoms with van der Waals surface area (Å²) in [5.74, 6) is -0.0404. The number of amides is 1. The van der Waals surface area contributed by atoms with Crippen LogP contribution in [0.5, 0.6) is 0 Å². The summed E-state index contributed by atoms with van der Waals surface area (Å²) in [6, 6.07) is 26.6. The zero-order chi connectivity index (χ0) is 21.5. The Morgan fingerprint density at radius 1 is 0.935 bits per heavy atom. The SMILES string of the molecule is O=C(CNC1(c2cccc(Br)c2)CCOCC1)Nc1ccccc1Cc1ccccc1. The summed E-state index contributed by atoms with van der Waals surface area (Å²) in [5.41, 5.74) is 4.11. The van der Waals surface area contributed by atoms with Crippen molar-refractivity contribution in [1.29, 1.82) is 0 Å². The molecule has 1 fully saturated rings. The van der Waals surface area contributed by atoms with Crippen LogP contribution in [0.4, 0.5) is 5.69 Å². The number of benzene rings is 3. The summed E-state index contributed by atoms with van der Waals surface area (Å²) in [4.78, 5) is 12.9. The van der Waals surface area contributed by atoms with Crippen LogP contribution in [-0.4, -0.2) is 25.7 Å². The number of rotatable bonds is 7. The molecular weight excluding hydrogens is 452 g/mol. The van der Waals surface area contributed by atoms with E-state index in [1.807, 2.05) is 48.5 Å². The molecule has 1 heterocycles. The van der Waals surface area contributed by atoms with Gasteiger partial charge in [-0.15, -0.1) is 0 Å². The zero-order valence-electron chi connectivity index (χ0n) is 17.4. The maximum absolute atomic E-state index is 12.9. The van der Waals surface area contributed by atoms with E-state index in [1.165, 1.54) is 11.1 Å². The summed E-state index contributed by atoms with van der Waals surface area (Å²) in [5, 5.41) is 6.66. The second-order valence-corrected chi connectivity index (χ2v) is 8.84. The maximum atomic E-state index is 12.9. The highest BCUT2D eigenvalue weighted by atomic mass is 79.9. The number of halogens is 1. The number of carbonyl (C=O) groups is 1. The molecule has 160 valence electrons. The van der Waals surface area contributed by atoms with Gasteiger partial charge in [-0.1, -0.05) is 76.6 Å². The van der Waals surface area contributed by atoms with Crippen molar-refractivity contribution in [2.75, 3.05) is 25.1 Å². The first kappa shape index (κ1) is 21.8. The smallest absolute Gasteiger partial charge is 0.238 e. The van der Waals surface area contributed by atoms with E-state index in [-0.39, 0.29) is 18.0 Å². The Morgan fingerprint density at radius 2 is 1.68 bits per heavy atom. The van der Waals surface area contributed by atoms with Crippen LogP contribution < -0.4 is 10.6 Å². The Bertz CT molecular complexity index is 1020. The predicted octanol–water partition coefficient (Wildman–Crippen LogP) is 5.27. The van der Waals surface area contributed by atoms with Crippen molar-refractivity contribution in [2.24, 2.45) is 0 Å². The first-order valence-corrected chi connectivity index (χ1v) is 11.4. The Labute approximate surface area is 192 Å². The minimum Gasteiger partial charge on any atom is -0.381 e. The third kappa shape index (κ3) is 5.62. The quantitative estimate of drug-likeness (QED) is 0.485. The Balaban J connectivity index is 1.45. The molecule has 0 bridgehead atoms. The fraction of sp³-hybridized carbons (Fsp3) is 0.269. The molecule has 0 atom stereocenters. The van der Waals surface area contributed by atoms with Gasteiger partial charge in [0, 0.05) is 28.9 Å². The van der Waals surface area contributed by atoms with Crippen molar-refractivity contribution in [1.82, 2.24) is 5.32 Å². The van der Waals surface area contributed by atoms with Crippen LogP contribution in [0, 0.1) is 0 Å². The lowest BCUT2D eigenvalue weighted by Gasteiger charge is -2.38. The Hall–Kier alpha value is -2.47. The van der Waals surface area contributed by atoms with Crippen molar-refractivity contribution in [3.05, 3.63) is 100 Å². The lowest BCUT2D eigenvalue weighted by atomic mass is 9.82. The molecule has 1 aliphatic heterocycles. The highest BCUT2D eigenvalue weighted by Crippen LogP contribution is 2.33. The van der Waals surface area contributed by atoms with Crippen molar-refractivity contribution in [2.45, 2.75) is 24.8 Å². The normalized spacial score (nSPS) is 15.4. The van der Waals surface area contributed by atoms with Crippen LogP contribution in [0.3, 0.4) is 0 Å². The molecule has 0 aromatic heterocycles. The van der Waals surface area contributed by atoms with E-state index < -0.39 is 0 Å². The number of anilines is 1. The number of hydrogen-bond acceptors (Lipinski definition) is 3. The number of hydrogen-bond donors (Lipinski definition) is 2. The van der Waals surface area contributed by atoms with Crippen LogP contribution in [0.1, 0.15) is 29.5 Å². The van der Waals surface area contributed by atoms with E-state index in [0.29, 0.717) is 13.2 Å². The van der Waals surface area contributed by atoms with Crippen LogP contribution >= 0.6 is 15.9 Å². The first-order valence-electron chi connectivity index (χ1n) is 10.7. The molecule has 31 heavy (non-hydrogen) atoms. The van der Waals surface area contributed by atoms with Gasteiger partial charge in [-0.25, -0.2) is 0 Å². The van der Waals surface area contributed by atoms with Gasteiger partial charge in [0.15, 0.2) is 0 Å². The topological polar surface area (TPSA) is 50.4 Å².